The van der Waals surface area contributed by atoms with Crippen molar-refractivity contribution < 1.29 is 28.7 Å². The Morgan fingerprint density at radius 1 is 1.11 bits per heavy atom. The Morgan fingerprint density at radius 2 is 1.81 bits per heavy atom. The standard InChI is InChI=1S/C25H37N5O6S/c1-15(2)18(26-23(35)36-24(3,4)5)21(33)30-13-6-9-16(30)19(31)27-25(11-8-12-25)22(34)29-28-20(32)17-10-7-14-37-17/h7,10,14-16,18H,6,8-9,11-13H2,1-5H3,(H,26,35)(H,27,31)(H,28,32)(H,29,34)/t16-,18-/m0/s1. The summed E-state index contributed by atoms with van der Waals surface area (Å²) in [5.74, 6) is -1.97. The molecule has 1 aliphatic carbocycles. The number of hydrogen-bond donors (Lipinski definition) is 4. The predicted octanol–water partition coefficient (Wildman–Crippen LogP) is 2.09. The van der Waals surface area contributed by atoms with Crippen LogP contribution in [0, 0.1) is 5.92 Å². The van der Waals surface area contributed by atoms with E-state index in [-0.39, 0.29) is 11.8 Å². The molecule has 204 valence electrons. The third-order valence-electron chi connectivity index (χ3n) is 6.48. The van der Waals surface area contributed by atoms with Gasteiger partial charge in [-0.3, -0.25) is 30.0 Å². The maximum absolute atomic E-state index is 13.4. The topological polar surface area (TPSA) is 146 Å². The van der Waals surface area contributed by atoms with E-state index in [1.807, 2.05) is 13.8 Å². The molecular weight excluding hydrogens is 498 g/mol. The van der Waals surface area contributed by atoms with E-state index in [9.17, 15) is 24.0 Å². The van der Waals surface area contributed by atoms with E-state index in [0.29, 0.717) is 37.1 Å². The smallest absolute Gasteiger partial charge is 0.408 e. The minimum Gasteiger partial charge on any atom is -0.444 e. The maximum atomic E-state index is 13.4. The van der Waals surface area contributed by atoms with Gasteiger partial charge in [-0.1, -0.05) is 19.9 Å². The molecular formula is C25H37N5O6S. The van der Waals surface area contributed by atoms with E-state index < -0.39 is 47.0 Å². The van der Waals surface area contributed by atoms with Crippen molar-refractivity contribution in [1.29, 1.82) is 0 Å². The average Bonchev–Trinajstić information content (AvgIpc) is 3.48. The van der Waals surface area contributed by atoms with Gasteiger partial charge in [-0.25, -0.2) is 4.79 Å². The first-order valence-corrected chi connectivity index (χ1v) is 13.5. The number of nitrogens with zero attached hydrogens (tertiary/aromatic N) is 1. The number of carbonyl (C=O) groups excluding carboxylic acids is 5. The molecule has 1 aromatic rings. The molecule has 0 unspecified atom stereocenters. The maximum Gasteiger partial charge on any atom is 0.408 e. The molecule has 1 aromatic heterocycles. The summed E-state index contributed by atoms with van der Waals surface area (Å²) in [5.41, 5.74) is 2.96. The Morgan fingerprint density at radius 3 is 2.35 bits per heavy atom. The second-order valence-electron chi connectivity index (χ2n) is 10.9. The van der Waals surface area contributed by atoms with E-state index in [1.54, 1.807) is 38.3 Å². The molecule has 0 radical (unpaired) electrons. The van der Waals surface area contributed by atoms with Crippen LogP contribution in [0.3, 0.4) is 0 Å². The Bertz CT molecular complexity index is 1020. The lowest BCUT2D eigenvalue weighted by atomic mass is 9.76. The number of nitrogens with one attached hydrogen (secondary N) is 4. The fourth-order valence-electron chi connectivity index (χ4n) is 4.39. The zero-order valence-corrected chi connectivity index (χ0v) is 22.8. The van der Waals surface area contributed by atoms with Crippen LogP contribution in [0.4, 0.5) is 4.79 Å². The molecule has 11 nitrogen and oxygen atoms in total. The summed E-state index contributed by atoms with van der Waals surface area (Å²) in [6.07, 6.45) is 1.96. The summed E-state index contributed by atoms with van der Waals surface area (Å²) in [6.45, 7) is 9.19. The number of hydrazine groups is 1. The molecule has 2 atom stereocenters. The van der Waals surface area contributed by atoms with Crippen molar-refractivity contribution in [3.63, 3.8) is 0 Å². The van der Waals surface area contributed by atoms with Crippen molar-refractivity contribution in [1.82, 2.24) is 26.4 Å². The second-order valence-corrected chi connectivity index (χ2v) is 11.8. The molecule has 0 spiro atoms. The molecule has 3 rings (SSSR count). The number of ether oxygens (including phenoxy) is 1. The quantitative estimate of drug-likeness (QED) is 0.393. The van der Waals surface area contributed by atoms with Gasteiger partial charge in [0, 0.05) is 6.54 Å². The number of hydrogen-bond acceptors (Lipinski definition) is 7. The Kier molecular flexibility index (Phi) is 8.83. The summed E-state index contributed by atoms with van der Waals surface area (Å²) in [5, 5.41) is 7.25. The average molecular weight is 536 g/mol. The fraction of sp³-hybridized carbons (Fsp3) is 0.640. The van der Waals surface area contributed by atoms with Crippen LogP contribution in [0.25, 0.3) is 0 Å². The monoisotopic (exact) mass is 535 g/mol. The second kappa shape index (κ2) is 11.5. The first kappa shape index (κ1) is 28.4. The molecule has 2 heterocycles. The van der Waals surface area contributed by atoms with Gasteiger partial charge in [0.1, 0.15) is 23.2 Å². The summed E-state index contributed by atoms with van der Waals surface area (Å²) < 4.78 is 5.31. The van der Waals surface area contributed by atoms with Gasteiger partial charge in [0.25, 0.3) is 11.8 Å². The third kappa shape index (κ3) is 7.00. The van der Waals surface area contributed by atoms with Gasteiger partial charge < -0.3 is 20.3 Å². The molecule has 5 amide bonds. The molecule has 37 heavy (non-hydrogen) atoms. The summed E-state index contributed by atoms with van der Waals surface area (Å²) in [7, 11) is 0. The highest BCUT2D eigenvalue weighted by molar-refractivity contribution is 7.12. The number of amides is 5. The normalized spacial score (nSPS) is 19.4. The highest BCUT2D eigenvalue weighted by Gasteiger charge is 2.48. The van der Waals surface area contributed by atoms with Gasteiger partial charge in [0.15, 0.2) is 0 Å². The van der Waals surface area contributed by atoms with Gasteiger partial charge in [-0.2, -0.15) is 0 Å². The molecule has 2 fully saturated rings. The van der Waals surface area contributed by atoms with Crippen molar-refractivity contribution in [2.45, 2.75) is 89.9 Å². The number of rotatable bonds is 7. The van der Waals surface area contributed by atoms with Gasteiger partial charge in [0.2, 0.25) is 11.8 Å². The van der Waals surface area contributed by atoms with Crippen molar-refractivity contribution in [3.8, 4) is 0 Å². The Hall–Kier alpha value is -3.15. The largest absolute Gasteiger partial charge is 0.444 e. The van der Waals surface area contributed by atoms with Crippen LogP contribution in [0.15, 0.2) is 17.5 Å². The SMILES string of the molecule is CC(C)[C@H](NC(=O)OC(C)(C)C)C(=O)N1CCC[C@H]1C(=O)NC1(C(=O)NNC(=O)c2cccs2)CCC1. The van der Waals surface area contributed by atoms with Gasteiger partial charge in [-0.05, 0) is 70.2 Å². The van der Waals surface area contributed by atoms with Crippen LogP contribution in [0.2, 0.25) is 0 Å². The number of thiophene rings is 1. The number of alkyl carbamates (subject to hydrolysis) is 1. The van der Waals surface area contributed by atoms with E-state index in [2.05, 4.69) is 21.5 Å². The Labute approximate surface area is 221 Å². The third-order valence-corrected chi connectivity index (χ3v) is 7.35. The molecule has 1 saturated carbocycles. The molecule has 4 N–H and O–H groups in total. The van der Waals surface area contributed by atoms with Crippen LogP contribution < -0.4 is 21.5 Å². The molecule has 12 heteroatoms. The zero-order chi connectivity index (χ0) is 27.4. The van der Waals surface area contributed by atoms with Gasteiger partial charge >= 0.3 is 6.09 Å². The Balaban J connectivity index is 1.63. The van der Waals surface area contributed by atoms with E-state index in [4.69, 9.17) is 4.74 Å². The van der Waals surface area contributed by atoms with Gasteiger partial charge in [-0.15, -0.1) is 11.3 Å². The summed E-state index contributed by atoms with van der Waals surface area (Å²) in [4.78, 5) is 66.1. The lowest BCUT2D eigenvalue weighted by molar-refractivity contribution is -0.144. The number of likely N-dealkylation sites (tertiary alicyclic amines) is 1. The van der Waals surface area contributed by atoms with Gasteiger partial charge in [0.05, 0.1) is 4.88 Å². The van der Waals surface area contributed by atoms with Crippen LogP contribution >= 0.6 is 11.3 Å². The van der Waals surface area contributed by atoms with Crippen molar-refractivity contribution in [2.75, 3.05) is 6.54 Å². The van der Waals surface area contributed by atoms with Crippen LogP contribution in [-0.2, 0) is 19.1 Å². The molecule has 1 aliphatic heterocycles. The predicted molar refractivity (Wildman–Crippen MR) is 137 cm³/mol. The minimum absolute atomic E-state index is 0.236. The highest BCUT2D eigenvalue weighted by Crippen LogP contribution is 2.33. The molecule has 1 saturated heterocycles. The fourth-order valence-corrected chi connectivity index (χ4v) is 5.01. The summed E-state index contributed by atoms with van der Waals surface area (Å²) >= 11 is 1.25. The highest BCUT2D eigenvalue weighted by atomic mass is 32.1. The summed E-state index contributed by atoms with van der Waals surface area (Å²) in [6, 6.07) is 1.74. The lowest BCUT2D eigenvalue weighted by Crippen LogP contribution is -2.67. The van der Waals surface area contributed by atoms with E-state index >= 15 is 0 Å². The molecule has 0 bridgehead atoms. The van der Waals surface area contributed by atoms with Crippen LogP contribution in [-0.4, -0.2) is 64.4 Å². The van der Waals surface area contributed by atoms with E-state index in [0.717, 1.165) is 6.42 Å². The lowest BCUT2D eigenvalue weighted by Gasteiger charge is -2.42. The number of carbonyl (C=O) groups is 5. The van der Waals surface area contributed by atoms with Crippen molar-refractivity contribution >= 4 is 41.1 Å². The molecule has 2 aliphatic rings. The van der Waals surface area contributed by atoms with E-state index in [1.165, 1.54) is 16.2 Å². The van der Waals surface area contributed by atoms with Crippen LogP contribution in [0.1, 0.15) is 76.4 Å². The van der Waals surface area contributed by atoms with Crippen molar-refractivity contribution in [2.24, 2.45) is 5.92 Å². The zero-order valence-electron chi connectivity index (χ0n) is 22.0. The first-order valence-electron chi connectivity index (χ1n) is 12.6. The minimum atomic E-state index is -1.15. The van der Waals surface area contributed by atoms with Crippen molar-refractivity contribution in [3.05, 3.63) is 22.4 Å². The first-order chi connectivity index (χ1) is 17.3. The van der Waals surface area contributed by atoms with Crippen LogP contribution in [0.5, 0.6) is 0 Å². The molecule has 0 aromatic carbocycles.